The van der Waals surface area contributed by atoms with Gasteiger partial charge in [-0.2, -0.15) is 0 Å². The van der Waals surface area contributed by atoms with E-state index >= 15 is 0 Å². The number of rotatable bonds is 17. The van der Waals surface area contributed by atoms with Gasteiger partial charge in [-0.1, -0.05) is 70.4 Å². The minimum atomic E-state index is -0.508. The minimum absolute atomic E-state index is 0.0856. The van der Waals surface area contributed by atoms with E-state index in [0.717, 1.165) is 12.8 Å². The lowest BCUT2D eigenvalue weighted by molar-refractivity contribution is -0.265. The predicted molar refractivity (Wildman–Crippen MR) is 120 cm³/mol. The third kappa shape index (κ3) is 15.6. The minimum Gasteiger partial charge on any atom is -0.465 e. The Balaban J connectivity index is 1.81. The first-order valence-electron chi connectivity index (χ1n) is 12.1. The molecule has 1 heterocycles. The lowest BCUT2D eigenvalue weighted by Crippen LogP contribution is -2.41. The molecule has 0 unspecified atom stereocenters. The Morgan fingerprint density at radius 2 is 1.38 bits per heavy atom. The molecule has 1 saturated heterocycles. The van der Waals surface area contributed by atoms with Gasteiger partial charge in [0.25, 0.3) is 0 Å². The quantitative estimate of drug-likeness (QED) is 0.148. The van der Waals surface area contributed by atoms with Crippen molar-refractivity contribution in [3.8, 4) is 0 Å². The molecular formula is C25H46O4. The Morgan fingerprint density at radius 1 is 0.862 bits per heavy atom. The number of hydrogen-bond donors (Lipinski definition) is 0. The molecule has 4 nitrogen and oxygen atoms in total. The molecule has 0 spiro atoms. The van der Waals surface area contributed by atoms with Crippen molar-refractivity contribution in [3.05, 3.63) is 12.2 Å². The Bertz CT molecular complexity index is 421. The number of esters is 1. The summed E-state index contributed by atoms with van der Waals surface area (Å²) in [5, 5.41) is 0. The van der Waals surface area contributed by atoms with Gasteiger partial charge in [0.1, 0.15) is 0 Å². The van der Waals surface area contributed by atoms with Crippen LogP contribution in [0.15, 0.2) is 12.2 Å². The first-order chi connectivity index (χ1) is 14.0. The molecule has 0 bridgehead atoms. The Morgan fingerprint density at radius 3 is 1.97 bits per heavy atom. The number of unbranched alkanes of at least 4 members (excludes halogenated alkanes) is 11. The van der Waals surface area contributed by atoms with Crippen LogP contribution >= 0.6 is 0 Å². The molecular weight excluding hydrogens is 364 g/mol. The van der Waals surface area contributed by atoms with E-state index in [2.05, 4.69) is 19.1 Å². The van der Waals surface area contributed by atoms with Crippen LogP contribution in [0.2, 0.25) is 0 Å². The SMILES string of the molecule is CCCCC/C=C\CCCCCCCCCCC(=O)OCC1COC(C)(C)OC1. The second-order valence-electron chi connectivity index (χ2n) is 8.91. The number of hydrogen-bond acceptors (Lipinski definition) is 4. The van der Waals surface area contributed by atoms with Gasteiger partial charge in [0.15, 0.2) is 5.79 Å². The van der Waals surface area contributed by atoms with Crippen LogP contribution < -0.4 is 0 Å². The molecule has 1 rings (SSSR count). The van der Waals surface area contributed by atoms with Crippen molar-refractivity contribution in [1.82, 2.24) is 0 Å². The molecule has 1 aliphatic heterocycles. The first kappa shape index (κ1) is 26.2. The van der Waals surface area contributed by atoms with Crippen LogP contribution in [0.1, 0.15) is 111 Å². The van der Waals surface area contributed by atoms with Crippen molar-refractivity contribution in [2.75, 3.05) is 19.8 Å². The molecule has 0 aliphatic carbocycles. The van der Waals surface area contributed by atoms with Gasteiger partial charge in [0, 0.05) is 12.3 Å². The van der Waals surface area contributed by atoms with E-state index in [-0.39, 0.29) is 11.9 Å². The van der Waals surface area contributed by atoms with Crippen molar-refractivity contribution in [3.63, 3.8) is 0 Å². The van der Waals surface area contributed by atoms with Gasteiger partial charge in [-0.3, -0.25) is 4.79 Å². The van der Waals surface area contributed by atoms with Crippen LogP contribution in [0.3, 0.4) is 0 Å². The number of carbonyl (C=O) groups excluding carboxylic acids is 1. The van der Waals surface area contributed by atoms with E-state index in [9.17, 15) is 4.79 Å². The highest BCUT2D eigenvalue weighted by atomic mass is 16.7. The van der Waals surface area contributed by atoms with Crippen LogP contribution in [-0.2, 0) is 19.0 Å². The number of carbonyl (C=O) groups is 1. The second kappa shape index (κ2) is 16.9. The Kier molecular flexibility index (Phi) is 15.2. The first-order valence-corrected chi connectivity index (χ1v) is 12.1. The van der Waals surface area contributed by atoms with Gasteiger partial charge >= 0.3 is 5.97 Å². The van der Waals surface area contributed by atoms with Crippen LogP contribution in [0.4, 0.5) is 0 Å². The van der Waals surface area contributed by atoms with Crippen LogP contribution in [0.25, 0.3) is 0 Å². The zero-order valence-corrected chi connectivity index (χ0v) is 19.4. The maximum atomic E-state index is 11.8. The van der Waals surface area contributed by atoms with Crippen molar-refractivity contribution in [2.24, 2.45) is 5.92 Å². The van der Waals surface area contributed by atoms with E-state index in [1.54, 1.807) is 0 Å². The van der Waals surface area contributed by atoms with Gasteiger partial charge in [-0.25, -0.2) is 0 Å². The van der Waals surface area contributed by atoms with Crippen LogP contribution in [-0.4, -0.2) is 31.6 Å². The van der Waals surface area contributed by atoms with Crippen molar-refractivity contribution in [2.45, 2.75) is 116 Å². The summed E-state index contributed by atoms with van der Waals surface area (Å²) >= 11 is 0. The molecule has 0 saturated carbocycles. The topological polar surface area (TPSA) is 44.8 Å². The van der Waals surface area contributed by atoms with Gasteiger partial charge in [-0.05, 0) is 46.0 Å². The van der Waals surface area contributed by atoms with Crippen molar-refractivity contribution >= 4 is 5.97 Å². The second-order valence-corrected chi connectivity index (χ2v) is 8.91. The molecule has 0 aromatic heterocycles. The monoisotopic (exact) mass is 410 g/mol. The standard InChI is InChI=1S/C25H46O4/c1-4-5-6-7-8-9-10-11-12-13-14-15-16-17-18-19-24(26)27-20-23-21-28-25(2,3)29-22-23/h8-9,23H,4-7,10-22H2,1-3H3/b9-8-. The molecule has 170 valence electrons. The molecule has 0 radical (unpaired) electrons. The third-order valence-electron chi connectivity index (χ3n) is 5.46. The van der Waals surface area contributed by atoms with E-state index in [1.807, 2.05) is 13.8 Å². The molecule has 1 fully saturated rings. The number of ether oxygens (including phenoxy) is 3. The highest BCUT2D eigenvalue weighted by molar-refractivity contribution is 5.69. The highest BCUT2D eigenvalue weighted by Gasteiger charge is 2.28. The summed E-state index contributed by atoms with van der Waals surface area (Å²) < 4.78 is 16.5. The fourth-order valence-corrected chi connectivity index (χ4v) is 3.45. The van der Waals surface area contributed by atoms with E-state index < -0.39 is 5.79 Å². The highest BCUT2D eigenvalue weighted by Crippen LogP contribution is 2.20. The van der Waals surface area contributed by atoms with E-state index in [4.69, 9.17) is 14.2 Å². The molecule has 0 aromatic rings. The normalized spacial score (nSPS) is 17.1. The van der Waals surface area contributed by atoms with E-state index in [0.29, 0.717) is 26.2 Å². The van der Waals surface area contributed by atoms with Crippen LogP contribution in [0, 0.1) is 5.92 Å². The largest absolute Gasteiger partial charge is 0.465 e. The third-order valence-corrected chi connectivity index (χ3v) is 5.46. The number of allylic oxidation sites excluding steroid dienone is 2. The summed E-state index contributed by atoms with van der Waals surface area (Å²) in [4.78, 5) is 11.8. The molecule has 0 aromatic carbocycles. The molecule has 0 atom stereocenters. The molecule has 29 heavy (non-hydrogen) atoms. The molecule has 1 aliphatic rings. The van der Waals surface area contributed by atoms with Gasteiger partial charge < -0.3 is 14.2 Å². The Labute approximate surface area is 179 Å². The summed E-state index contributed by atoms with van der Waals surface area (Å²) in [6, 6.07) is 0. The molecule has 0 N–H and O–H groups in total. The predicted octanol–water partition coefficient (Wildman–Crippen LogP) is 6.97. The zero-order valence-electron chi connectivity index (χ0n) is 19.4. The van der Waals surface area contributed by atoms with Gasteiger partial charge in [0.05, 0.1) is 19.8 Å². The molecule has 0 amide bonds. The fourth-order valence-electron chi connectivity index (χ4n) is 3.45. The smallest absolute Gasteiger partial charge is 0.305 e. The summed E-state index contributed by atoms with van der Waals surface area (Å²) in [6.07, 6.45) is 21.7. The lowest BCUT2D eigenvalue weighted by atomic mass is 10.1. The fraction of sp³-hybridized carbons (Fsp3) is 0.880. The van der Waals surface area contributed by atoms with Gasteiger partial charge in [0.2, 0.25) is 0 Å². The maximum absolute atomic E-state index is 11.8. The Hall–Kier alpha value is -0.870. The van der Waals surface area contributed by atoms with Crippen molar-refractivity contribution in [1.29, 1.82) is 0 Å². The van der Waals surface area contributed by atoms with Gasteiger partial charge in [-0.15, -0.1) is 0 Å². The molecule has 4 heteroatoms. The average Bonchev–Trinajstić information content (AvgIpc) is 2.70. The van der Waals surface area contributed by atoms with Crippen LogP contribution in [0.5, 0.6) is 0 Å². The maximum Gasteiger partial charge on any atom is 0.305 e. The lowest BCUT2D eigenvalue weighted by Gasteiger charge is -2.34. The summed E-state index contributed by atoms with van der Waals surface area (Å²) in [7, 11) is 0. The average molecular weight is 411 g/mol. The summed E-state index contributed by atoms with van der Waals surface area (Å²) in [6.45, 7) is 7.66. The zero-order chi connectivity index (χ0) is 21.2. The summed E-state index contributed by atoms with van der Waals surface area (Å²) in [5.74, 6) is -0.438. The summed E-state index contributed by atoms with van der Waals surface area (Å²) in [5.41, 5.74) is 0. The van der Waals surface area contributed by atoms with E-state index in [1.165, 1.54) is 70.6 Å². The van der Waals surface area contributed by atoms with Crippen molar-refractivity contribution < 1.29 is 19.0 Å².